The van der Waals surface area contributed by atoms with Crippen LogP contribution in [0.15, 0.2) is 42.3 Å². The van der Waals surface area contributed by atoms with Gasteiger partial charge in [0.1, 0.15) is 0 Å². The van der Waals surface area contributed by atoms with Gasteiger partial charge in [0.05, 0.1) is 5.57 Å². The maximum atomic E-state index is 12.2. The maximum Gasteiger partial charge on any atom is 0.170 e. The molecule has 1 heterocycles. The summed E-state index contributed by atoms with van der Waals surface area (Å²) < 4.78 is 0. The summed E-state index contributed by atoms with van der Waals surface area (Å²) in [7, 11) is 0. The molecule has 0 spiro atoms. The van der Waals surface area contributed by atoms with E-state index in [-0.39, 0.29) is 11.6 Å². The van der Waals surface area contributed by atoms with Gasteiger partial charge in [-0.3, -0.25) is 14.6 Å². The highest BCUT2D eigenvalue weighted by molar-refractivity contribution is 6.23. The molecule has 0 aliphatic heterocycles. The van der Waals surface area contributed by atoms with Gasteiger partial charge in [-0.15, -0.1) is 0 Å². The highest BCUT2D eigenvalue weighted by atomic mass is 16.1. The van der Waals surface area contributed by atoms with E-state index in [1.807, 2.05) is 25.1 Å². The van der Waals surface area contributed by atoms with Crippen LogP contribution in [0.4, 0.5) is 0 Å². The normalized spacial score (nSPS) is 16.4. The molecule has 104 valence electrons. The van der Waals surface area contributed by atoms with E-state index in [2.05, 4.69) is 11.9 Å². The third-order valence-corrected chi connectivity index (χ3v) is 3.65. The number of aromatic nitrogens is 1. The summed E-state index contributed by atoms with van der Waals surface area (Å²) in [5.74, 6) is 0.201. The molecule has 0 aromatic carbocycles. The Morgan fingerprint density at radius 3 is 2.70 bits per heavy atom. The second-order valence-electron chi connectivity index (χ2n) is 5.22. The highest BCUT2D eigenvalue weighted by Gasteiger charge is 2.22. The van der Waals surface area contributed by atoms with Crippen molar-refractivity contribution in [2.45, 2.75) is 33.1 Å². The molecule has 0 bridgehead atoms. The van der Waals surface area contributed by atoms with Gasteiger partial charge in [-0.1, -0.05) is 26.3 Å². The molecular formula is C17H19NO2. The van der Waals surface area contributed by atoms with E-state index >= 15 is 0 Å². The van der Waals surface area contributed by atoms with Crippen LogP contribution in [0.25, 0.3) is 5.57 Å². The zero-order chi connectivity index (χ0) is 14.5. The number of nitrogens with zero attached hydrogens (tertiary/aromatic N) is 1. The molecule has 1 aliphatic rings. The fraction of sp³-hybridized carbons (Fsp3) is 0.353. The lowest BCUT2D eigenvalue weighted by Crippen LogP contribution is -2.17. The molecule has 0 fully saturated rings. The largest absolute Gasteiger partial charge is 0.294 e. The van der Waals surface area contributed by atoms with Crippen LogP contribution in [0.5, 0.6) is 0 Å². The summed E-state index contributed by atoms with van der Waals surface area (Å²) in [4.78, 5) is 28.1. The Hall–Kier alpha value is -2.03. The Kier molecular flexibility index (Phi) is 4.61. The van der Waals surface area contributed by atoms with Gasteiger partial charge in [0.25, 0.3) is 0 Å². The number of carbonyl (C=O) groups excluding carboxylic acids is 2. The van der Waals surface area contributed by atoms with Crippen LogP contribution < -0.4 is 0 Å². The van der Waals surface area contributed by atoms with E-state index in [0.717, 1.165) is 17.6 Å². The first-order valence-corrected chi connectivity index (χ1v) is 7.00. The number of allylic oxidation sites excluding steroid dienone is 4. The first-order valence-electron chi connectivity index (χ1n) is 7.00. The summed E-state index contributed by atoms with van der Waals surface area (Å²) in [5, 5.41) is 0. The Bertz CT molecular complexity index is 570. The molecule has 1 atom stereocenters. The van der Waals surface area contributed by atoms with Gasteiger partial charge in [0, 0.05) is 25.2 Å². The lowest BCUT2D eigenvalue weighted by atomic mass is 9.88. The van der Waals surface area contributed by atoms with E-state index in [1.54, 1.807) is 18.5 Å². The van der Waals surface area contributed by atoms with Crippen molar-refractivity contribution < 1.29 is 9.59 Å². The number of hydrogen-bond acceptors (Lipinski definition) is 3. The van der Waals surface area contributed by atoms with E-state index in [9.17, 15) is 9.59 Å². The Balaban J connectivity index is 2.23. The Morgan fingerprint density at radius 2 is 2.05 bits per heavy atom. The van der Waals surface area contributed by atoms with E-state index in [1.165, 1.54) is 0 Å². The standard InChI is InChI=1S/C17H19NO2/c1-3-12(2)10-17(20)15-11-14(4-5-16(15)19)13-6-8-18-9-7-13/h4,6-9,11-12H,3,5,10H2,1-2H3/t12-/m0/s1. The number of hydrogen-bond donors (Lipinski definition) is 0. The van der Waals surface area contributed by atoms with Gasteiger partial charge in [0.2, 0.25) is 0 Å². The second-order valence-corrected chi connectivity index (χ2v) is 5.22. The molecule has 0 amide bonds. The van der Waals surface area contributed by atoms with Crippen LogP contribution in [-0.4, -0.2) is 16.6 Å². The van der Waals surface area contributed by atoms with Gasteiger partial charge >= 0.3 is 0 Å². The number of ketones is 2. The predicted molar refractivity (Wildman–Crippen MR) is 79.0 cm³/mol. The van der Waals surface area contributed by atoms with Crippen LogP contribution in [0.2, 0.25) is 0 Å². The molecule has 0 radical (unpaired) electrons. The molecule has 3 nitrogen and oxygen atoms in total. The number of pyridine rings is 1. The van der Waals surface area contributed by atoms with Crippen molar-refractivity contribution in [1.29, 1.82) is 0 Å². The average Bonchev–Trinajstić information content (AvgIpc) is 2.48. The van der Waals surface area contributed by atoms with Crippen molar-refractivity contribution >= 4 is 17.1 Å². The summed E-state index contributed by atoms with van der Waals surface area (Å²) >= 11 is 0. The number of rotatable bonds is 5. The molecular weight excluding hydrogens is 250 g/mol. The quantitative estimate of drug-likeness (QED) is 0.770. The Morgan fingerprint density at radius 1 is 1.35 bits per heavy atom. The molecule has 1 aliphatic carbocycles. The van der Waals surface area contributed by atoms with Crippen molar-refractivity contribution in [3.8, 4) is 0 Å². The van der Waals surface area contributed by atoms with Gasteiger partial charge < -0.3 is 0 Å². The van der Waals surface area contributed by atoms with Crippen molar-refractivity contribution in [3.05, 3.63) is 47.8 Å². The summed E-state index contributed by atoms with van der Waals surface area (Å²) in [6.07, 6.45) is 8.71. The zero-order valence-corrected chi connectivity index (χ0v) is 11.9. The SMILES string of the molecule is CC[C@H](C)CC(=O)C1=CC(c2ccncc2)=CCC1=O. The summed E-state index contributed by atoms with van der Waals surface area (Å²) in [5.41, 5.74) is 2.26. The minimum atomic E-state index is -0.0730. The Labute approximate surface area is 119 Å². The molecule has 0 saturated heterocycles. The molecule has 2 rings (SSSR count). The monoisotopic (exact) mass is 269 g/mol. The summed E-state index contributed by atoms with van der Waals surface area (Å²) in [6, 6.07) is 3.77. The van der Waals surface area contributed by atoms with Gasteiger partial charge in [-0.05, 0) is 35.3 Å². The van der Waals surface area contributed by atoms with Gasteiger partial charge in [-0.2, -0.15) is 0 Å². The van der Waals surface area contributed by atoms with Crippen LogP contribution in [-0.2, 0) is 9.59 Å². The maximum absolute atomic E-state index is 12.2. The molecule has 20 heavy (non-hydrogen) atoms. The molecule has 0 unspecified atom stereocenters. The lowest BCUT2D eigenvalue weighted by Gasteiger charge is -2.14. The second kappa shape index (κ2) is 6.42. The van der Waals surface area contributed by atoms with E-state index in [4.69, 9.17) is 0 Å². The van der Waals surface area contributed by atoms with E-state index < -0.39 is 0 Å². The summed E-state index contributed by atoms with van der Waals surface area (Å²) in [6.45, 7) is 4.09. The fourth-order valence-corrected chi connectivity index (χ4v) is 2.16. The van der Waals surface area contributed by atoms with Crippen molar-refractivity contribution in [3.63, 3.8) is 0 Å². The first-order chi connectivity index (χ1) is 9.61. The molecule has 0 saturated carbocycles. The van der Waals surface area contributed by atoms with Crippen LogP contribution in [0.1, 0.15) is 38.7 Å². The van der Waals surface area contributed by atoms with Crippen LogP contribution in [0, 0.1) is 5.92 Å². The van der Waals surface area contributed by atoms with Gasteiger partial charge in [-0.25, -0.2) is 0 Å². The lowest BCUT2D eigenvalue weighted by molar-refractivity contribution is -0.121. The smallest absolute Gasteiger partial charge is 0.170 e. The van der Waals surface area contributed by atoms with E-state index in [0.29, 0.717) is 24.3 Å². The number of Topliss-reactive ketones (excluding diaryl/α,β-unsaturated/α-hetero) is 2. The van der Waals surface area contributed by atoms with Crippen molar-refractivity contribution in [1.82, 2.24) is 4.98 Å². The minimum absolute atomic E-state index is 0.0380. The van der Waals surface area contributed by atoms with Gasteiger partial charge in [0.15, 0.2) is 11.6 Å². The third-order valence-electron chi connectivity index (χ3n) is 3.65. The first kappa shape index (κ1) is 14.4. The third kappa shape index (κ3) is 3.29. The van der Waals surface area contributed by atoms with Crippen molar-refractivity contribution in [2.75, 3.05) is 0 Å². The topological polar surface area (TPSA) is 47.0 Å². The molecule has 0 N–H and O–H groups in total. The molecule has 1 aromatic heterocycles. The zero-order valence-electron chi connectivity index (χ0n) is 11.9. The average molecular weight is 269 g/mol. The highest BCUT2D eigenvalue weighted by Crippen LogP contribution is 2.25. The predicted octanol–water partition coefficient (Wildman–Crippen LogP) is 3.37. The minimum Gasteiger partial charge on any atom is -0.294 e. The number of carbonyl (C=O) groups is 2. The van der Waals surface area contributed by atoms with Crippen LogP contribution in [0.3, 0.4) is 0 Å². The van der Waals surface area contributed by atoms with Crippen molar-refractivity contribution in [2.24, 2.45) is 5.92 Å². The molecule has 1 aromatic rings. The fourth-order valence-electron chi connectivity index (χ4n) is 2.16. The molecule has 3 heteroatoms. The van der Waals surface area contributed by atoms with Crippen LogP contribution >= 0.6 is 0 Å².